The summed E-state index contributed by atoms with van der Waals surface area (Å²) < 4.78 is 35.2. The second kappa shape index (κ2) is 9.12. The van der Waals surface area contributed by atoms with Gasteiger partial charge in [0.2, 0.25) is 5.82 Å². The lowest BCUT2D eigenvalue weighted by Crippen LogP contribution is -2.15. The van der Waals surface area contributed by atoms with Crippen molar-refractivity contribution in [3.8, 4) is 11.4 Å². The molecule has 156 valence electrons. The molecule has 2 aromatic carbocycles. The van der Waals surface area contributed by atoms with Gasteiger partial charge < -0.3 is 14.8 Å². The average Bonchev–Trinajstić information content (AvgIpc) is 3.10. The van der Waals surface area contributed by atoms with E-state index in [-0.39, 0.29) is 18.2 Å². The van der Waals surface area contributed by atoms with Gasteiger partial charge in [-0.25, -0.2) is 14.5 Å². The van der Waals surface area contributed by atoms with Crippen LogP contribution in [0.1, 0.15) is 33.7 Å². The normalized spacial score (nSPS) is 10.7. The Morgan fingerprint density at radius 2 is 1.90 bits per heavy atom. The summed E-state index contributed by atoms with van der Waals surface area (Å²) in [6.07, 6.45) is 0. The van der Waals surface area contributed by atoms with Crippen molar-refractivity contribution in [1.82, 2.24) is 14.8 Å². The first kappa shape index (κ1) is 20.9. The van der Waals surface area contributed by atoms with E-state index < -0.39 is 18.5 Å². The maximum absolute atomic E-state index is 12.5. The van der Waals surface area contributed by atoms with E-state index in [1.54, 1.807) is 32.0 Å². The van der Waals surface area contributed by atoms with E-state index in [2.05, 4.69) is 20.1 Å². The smallest absolute Gasteiger partial charge is 0.387 e. The van der Waals surface area contributed by atoms with Gasteiger partial charge in [0.1, 0.15) is 11.6 Å². The molecule has 0 fully saturated rings. The van der Waals surface area contributed by atoms with E-state index in [0.29, 0.717) is 22.8 Å². The van der Waals surface area contributed by atoms with E-state index in [9.17, 15) is 18.4 Å². The van der Waals surface area contributed by atoms with Crippen molar-refractivity contribution in [2.24, 2.45) is 0 Å². The number of hydrogen-bond donors (Lipinski definition) is 1. The van der Waals surface area contributed by atoms with Gasteiger partial charge in [-0.3, -0.25) is 4.79 Å². The van der Waals surface area contributed by atoms with Gasteiger partial charge in [0, 0.05) is 5.69 Å². The van der Waals surface area contributed by atoms with Crippen LogP contribution in [-0.2, 0) is 4.74 Å². The number of aromatic nitrogens is 3. The summed E-state index contributed by atoms with van der Waals surface area (Å²) in [6, 6.07) is 12.1. The Hall–Kier alpha value is -3.82. The lowest BCUT2D eigenvalue weighted by molar-refractivity contribution is -0.0498. The molecule has 0 radical (unpaired) electrons. The predicted molar refractivity (Wildman–Crippen MR) is 103 cm³/mol. The summed E-state index contributed by atoms with van der Waals surface area (Å²) in [7, 11) is 0. The van der Waals surface area contributed by atoms with Crippen molar-refractivity contribution < 1.29 is 27.8 Å². The molecule has 3 rings (SSSR count). The minimum absolute atomic E-state index is 0.00552. The molecule has 0 atom stereocenters. The van der Waals surface area contributed by atoms with Crippen molar-refractivity contribution in [1.29, 1.82) is 0 Å². The second-order valence-electron chi connectivity index (χ2n) is 6.02. The van der Waals surface area contributed by atoms with Gasteiger partial charge in [-0.1, -0.05) is 6.07 Å². The fourth-order valence-electron chi connectivity index (χ4n) is 2.62. The molecule has 1 heterocycles. The number of carbonyl (C=O) groups excluding carboxylic acids is 2. The highest BCUT2D eigenvalue weighted by atomic mass is 19.3. The monoisotopic (exact) mass is 416 g/mol. The standard InChI is InChI=1S/C20H18F2N4O4/c1-3-29-19(28)13-5-4-6-14(11-13)24-18(27)17-23-12(2)26(25-17)15-7-9-16(10-8-15)30-20(21)22/h4-11,20H,3H2,1-2H3,(H,24,27). The van der Waals surface area contributed by atoms with Crippen molar-refractivity contribution in [3.05, 3.63) is 65.7 Å². The van der Waals surface area contributed by atoms with E-state index in [1.165, 1.54) is 35.0 Å². The zero-order valence-electron chi connectivity index (χ0n) is 16.1. The number of nitrogens with one attached hydrogen (secondary N) is 1. The third kappa shape index (κ3) is 4.96. The van der Waals surface area contributed by atoms with Gasteiger partial charge in [-0.15, -0.1) is 5.10 Å². The van der Waals surface area contributed by atoms with Gasteiger partial charge >= 0.3 is 12.6 Å². The number of hydrogen-bond acceptors (Lipinski definition) is 6. The first-order valence-corrected chi connectivity index (χ1v) is 8.95. The van der Waals surface area contributed by atoms with E-state index in [4.69, 9.17) is 4.74 Å². The van der Waals surface area contributed by atoms with E-state index >= 15 is 0 Å². The Morgan fingerprint density at radius 3 is 2.57 bits per heavy atom. The van der Waals surface area contributed by atoms with Crippen LogP contribution in [0.15, 0.2) is 48.5 Å². The van der Waals surface area contributed by atoms with Crippen LogP contribution in [0.4, 0.5) is 14.5 Å². The Morgan fingerprint density at radius 1 is 1.17 bits per heavy atom. The fourth-order valence-corrected chi connectivity index (χ4v) is 2.62. The van der Waals surface area contributed by atoms with Crippen LogP contribution in [0.25, 0.3) is 5.69 Å². The quantitative estimate of drug-likeness (QED) is 0.592. The largest absolute Gasteiger partial charge is 0.462 e. The summed E-state index contributed by atoms with van der Waals surface area (Å²) in [5.41, 5.74) is 1.20. The average molecular weight is 416 g/mol. The van der Waals surface area contributed by atoms with Crippen molar-refractivity contribution in [2.45, 2.75) is 20.5 Å². The Bertz CT molecular complexity index is 1050. The molecule has 8 nitrogen and oxygen atoms in total. The number of benzene rings is 2. The number of rotatable bonds is 7. The zero-order valence-corrected chi connectivity index (χ0v) is 16.1. The van der Waals surface area contributed by atoms with Crippen LogP contribution in [0.5, 0.6) is 5.75 Å². The molecule has 0 aliphatic carbocycles. The van der Waals surface area contributed by atoms with Crippen LogP contribution in [0.2, 0.25) is 0 Å². The van der Waals surface area contributed by atoms with Gasteiger partial charge in [-0.2, -0.15) is 8.78 Å². The lowest BCUT2D eigenvalue weighted by Gasteiger charge is -2.06. The number of amides is 1. The van der Waals surface area contributed by atoms with Crippen molar-refractivity contribution in [2.75, 3.05) is 11.9 Å². The molecule has 3 aromatic rings. The van der Waals surface area contributed by atoms with Crippen LogP contribution in [0, 0.1) is 6.92 Å². The molecular formula is C20H18F2N4O4. The first-order chi connectivity index (χ1) is 14.4. The molecule has 0 aliphatic rings. The molecule has 0 bridgehead atoms. The highest BCUT2D eigenvalue weighted by Crippen LogP contribution is 2.18. The molecule has 1 N–H and O–H groups in total. The summed E-state index contributed by atoms with van der Waals surface area (Å²) in [6.45, 7) is 0.675. The molecular weight excluding hydrogens is 398 g/mol. The number of halogens is 2. The zero-order chi connectivity index (χ0) is 21.7. The SMILES string of the molecule is CCOC(=O)c1cccc(NC(=O)c2nc(C)n(-c3ccc(OC(F)F)cc3)n2)c1. The summed E-state index contributed by atoms with van der Waals surface area (Å²) in [5, 5.41) is 6.80. The fraction of sp³-hybridized carbons (Fsp3) is 0.200. The van der Waals surface area contributed by atoms with Crippen molar-refractivity contribution >= 4 is 17.6 Å². The molecule has 0 saturated heterocycles. The molecule has 0 aliphatic heterocycles. The number of ether oxygens (including phenoxy) is 2. The predicted octanol–water partition coefficient (Wildman–Crippen LogP) is 3.61. The van der Waals surface area contributed by atoms with Gasteiger partial charge in [0.25, 0.3) is 5.91 Å². The summed E-state index contributed by atoms with van der Waals surface area (Å²) in [5.74, 6) is -0.738. The number of alkyl halides is 2. The minimum Gasteiger partial charge on any atom is -0.462 e. The summed E-state index contributed by atoms with van der Waals surface area (Å²) in [4.78, 5) is 28.5. The van der Waals surface area contributed by atoms with Crippen molar-refractivity contribution in [3.63, 3.8) is 0 Å². The number of carbonyl (C=O) groups is 2. The number of anilines is 1. The topological polar surface area (TPSA) is 95.3 Å². The first-order valence-electron chi connectivity index (χ1n) is 8.95. The summed E-state index contributed by atoms with van der Waals surface area (Å²) >= 11 is 0. The molecule has 0 unspecified atom stereocenters. The maximum Gasteiger partial charge on any atom is 0.387 e. The molecule has 30 heavy (non-hydrogen) atoms. The highest BCUT2D eigenvalue weighted by Gasteiger charge is 2.17. The minimum atomic E-state index is -2.92. The molecule has 0 saturated carbocycles. The third-order valence-electron chi connectivity index (χ3n) is 3.91. The third-order valence-corrected chi connectivity index (χ3v) is 3.91. The Balaban J connectivity index is 1.75. The van der Waals surface area contributed by atoms with E-state index in [0.717, 1.165) is 0 Å². The number of esters is 1. The van der Waals surface area contributed by atoms with Crippen LogP contribution in [-0.4, -0.2) is 39.9 Å². The van der Waals surface area contributed by atoms with Crippen LogP contribution >= 0.6 is 0 Å². The molecule has 1 amide bonds. The van der Waals surface area contributed by atoms with Crippen LogP contribution in [0.3, 0.4) is 0 Å². The van der Waals surface area contributed by atoms with Gasteiger partial charge in [0.05, 0.1) is 17.9 Å². The Labute approximate surface area is 170 Å². The Kier molecular flexibility index (Phi) is 6.35. The molecule has 1 aromatic heterocycles. The maximum atomic E-state index is 12.5. The van der Waals surface area contributed by atoms with Gasteiger partial charge in [0.15, 0.2) is 0 Å². The van der Waals surface area contributed by atoms with Gasteiger partial charge in [-0.05, 0) is 56.3 Å². The highest BCUT2D eigenvalue weighted by molar-refractivity contribution is 6.02. The number of nitrogens with zero attached hydrogens (tertiary/aromatic N) is 3. The number of aryl methyl sites for hydroxylation is 1. The molecule has 0 spiro atoms. The second-order valence-corrected chi connectivity index (χ2v) is 6.02. The molecule has 10 heteroatoms. The van der Waals surface area contributed by atoms with E-state index in [1.807, 2.05) is 0 Å². The van der Waals surface area contributed by atoms with Crippen LogP contribution < -0.4 is 10.1 Å². The lowest BCUT2D eigenvalue weighted by atomic mass is 10.2.